The van der Waals surface area contributed by atoms with E-state index in [1.807, 2.05) is 6.92 Å². The normalized spacial score (nSPS) is 11.1. The molecule has 0 aliphatic rings. The molecule has 0 aliphatic heterocycles. The van der Waals surface area contributed by atoms with Gasteiger partial charge in [0.1, 0.15) is 16.1 Å². The third-order valence-corrected chi connectivity index (χ3v) is 3.36. The Morgan fingerprint density at radius 1 is 1.06 bits per heavy atom. The molecular formula is C11H17Cl2N3. The number of nitrogens with zero attached hydrogens (tertiary/aromatic N) is 3. The molecule has 5 heteroatoms. The Bertz CT molecular complexity index is 328. The highest BCUT2D eigenvalue weighted by Gasteiger charge is 2.08. The van der Waals surface area contributed by atoms with Crippen LogP contribution in [-0.4, -0.2) is 34.5 Å². The molecule has 0 radical (unpaired) electrons. The minimum absolute atomic E-state index is 0.453. The highest BCUT2D eigenvalue weighted by molar-refractivity contribution is 6.34. The van der Waals surface area contributed by atoms with Gasteiger partial charge in [0.2, 0.25) is 0 Å². The van der Waals surface area contributed by atoms with Crippen molar-refractivity contribution in [3.05, 3.63) is 21.7 Å². The summed E-state index contributed by atoms with van der Waals surface area (Å²) in [5.41, 5.74) is 0.745. The van der Waals surface area contributed by atoms with Crippen LogP contribution in [0.2, 0.25) is 10.3 Å². The number of likely N-dealkylation sites (N-methyl/N-ethyl adjacent to an activating group) is 1. The molecule has 1 rings (SSSR count). The predicted molar refractivity (Wildman–Crippen MR) is 68.3 cm³/mol. The van der Waals surface area contributed by atoms with Crippen LogP contribution in [0.1, 0.15) is 25.2 Å². The lowest BCUT2D eigenvalue weighted by Gasteiger charge is -2.17. The molecule has 0 spiro atoms. The van der Waals surface area contributed by atoms with Crippen LogP contribution in [0.3, 0.4) is 0 Å². The van der Waals surface area contributed by atoms with E-state index in [4.69, 9.17) is 23.2 Å². The quantitative estimate of drug-likeness (QED) is 0.764. The van der Waals surface area contributed by atoms with E-state index in [-0.39, 0.29) is 0 Å². The monoisotopic (exact) mass is 261 g/mol. The van der Waals surface area contributed by atoms with Crippen molar-refractivity contribution in [3.63, 3.8) is 0 Å². The fourth-order valence-electron chi connectivity index (χ4n) is 1.41. The fourth-order valence-corrected chi connectivity index (χ4v) is 1.84. The highest BCUT2D eigenvalue weighted by Crippen LogP contribution is 2.19. The average Bonchev–Trinajstić information content (AvgIpc) is 2.27. The zero-order valence-corrected chi connectivity index (χ0v) is 11.4. The largest absolute Gasteiger partial charge is 0.303 e. The van der Waals surface area contributed by atoms with E-state index in [0.29, 0.717) is 16.1 Å². The standard InChI is InChI=1S/C11H17Cl2N3/c1-4-16(5-2)7-6-9-14-10(12)8(3)11(13)15-9/h4-7H2,1-3H3. The topological polar surface area (TPSA) is 29.0 Å². The zero-order valence-electron chi connectivity index (χ0n) is 9.93. The van der Waals surface area contributed by atoms with Crippen molar-refractivity contribution in [1.29, 1.82) is 0 Å². The molecule has 0 saturated carbocycles. The van der Waals surface area contributed by atoms with E-state index in [2.05, 4.69) is 28.7 Å². The predicted octanol–water partition coefficient (Wildman–Crippen LogP) is 2.98. The van der Waals surface area contributed by atoms with Gasteiger partial charge in [0.15, 0.2) is 0 Å². The van der Waals surface area contributed by atoms with Crippen LogP contribution in [0.4, 0.5) is 0 Å². The van der Waals surface area contributed by atoms with Crippen molar-refractivity contribution in [2.45, 2.75) is 27.2 Å². The first-order valence-electron chi connectivity index (χ1n) is 5.49. The zero-order chi connectivity index (χ0) is 12.1. The van der Waals surface area contributed by atoms with Crippen molar-refractivity contribution in [3.8, 4) is 0 Å². The summed E-state index contributed by atoms with van der Waals surface area (Å²) in [4.78, 5) is 10.7. The van der Waals surface area contributed by atoms with Gasteiger partial charge < -0.3 is 4.90 Å². The van der Waals surface area contributed by atoms with Crippen molar-refractivity contribution in [2.24, 2.45) is 0 Å². The van der Waals surface area contributed by atoms with E-state index in [1.165, 1.54) is 0 Å². The molecule has 0 saturated heterocycles. The van der Waals surface area contributed by atoms with Gasteiger partial charge in [-0.05, 0) is 20.0 Å². The second-order valence-electron chi connectivity index (χ2n) is 3.62. The van der Waals surface area contributed by atoms with Crippen LogP contribution >= 0.6 is 23.2 Å². The highest BCUT2D eigenvalue weighted by atomic mass is 35.5. The van der Waals surface area contributed by atoms with Gasteiger partial charge in [-0.2, -0.15) is 0 Å². The van der Waals surface area contributed by atoms with Crippen LogP contribution in [0, 0.1) is 6.92 Å². The summed E-state index contributed by atoms with van der Waals surface area (Å²) in [7, 11) is 0. The van der Waals surface area contributed by atoms with Crippen LogP contribution in [0.25, 0.3) is 0 Å². The Kier molecular flexibility index (Phi) is 5.46. The van der Waals surface area contributed by atoms with Gasteiger partial charge in [0, 0.05) is 18.5 Å². The molecule has 0 aromatic carbocycles. The third kappa shape index (κ3) is 3.58. The summed E-state index contributed by atoms with van der Waals surface area (Å²) in [6.07, 6.45) is 0.779. The number of rotatable bonds is 5. The molecule has 0 bridgehead atoms. The summed E-state index contributed by atoms with van der Waals surface area (Å²) >= 11 is 11.9. The lowest BCUT2D eigenvalue weighted by atomic mass is 10.3. The smallest absolute Gasteiger partial charge is 0.137 e. The summed E-state index contributed by atoms with van der Waals surface area (Å²) in [6.45, 7) is 9.09. The van der Waals surface area contributed by atoms with Crippen LogP contribution in [0.15, 0.2) is 0 Å². The van der Waals surface area contributed by atoms with Crippen molar-refractivity contribution >= 4 is 23.2 Å². The Morgan fingerprint density at radius 3 is 2.00 bits per heavy atom. The second-order valence-corrected chi connectivity index (χ2v) is 4.34. The minimum atomic E-state index is 0.453. The second kappa shape index (κ2) is 6.38. The van der Waals surface area contributed by atoms with Crippen molar-refractivity contribution in [1.82, 2.24) is 14.9 Å². The molecule has 1 heterocycles. The molecule has 90 valence electrons. The molecule has 0 atom stereocenters. The number of hydrogen-bond donors (Lipinski definition) is 0. The molecule has 3 nitrogen and oxygen atoms in total. The SMILES string of the molecule is CCN(CC)CCc1nc(Cl)c(C)c(Cl)n1. The summed E-state index contributed by atoms with van der Waals surface area (Å²) in [5, 5.41) is 0.907. The molecule has 0 fully saturated rings. The maximum atomic E-state index is 5.95. The molecule has 16 heavy (non-hydrogen) atoms. The molecule has 1 aromatic heterocycles. The first kappa shape index (κ1) is 13.7. The van der Waals surface area contributed by atoms with E-state index in [1.54, 1.807) is 0 Å². The van der Waals surface area contributed by atoms with Gasteiger partial charge >= 0.3 is 0 Å². The molecule has 0 N–H and O–H groups in total. The minimum Gasteiger partial charge on any atom is -0.303 e. The van der Waals surface area contributed by atoms with Gasteiger partial charge in [0.25, 0.3) is 0 Å². The maximum Gasteiger partial charge on any atom is 0.137 e. The molecule has 0 aliphatic carbocycles. The van der Waals surface area contributed by atoms with Gasteiger partial charge in [-0.25, -0.2) is 9.97 Å². The number of halogens is 2. The van der Waals surface area contributed by atoms with Gasteiger partial charge in [-0.3, -0.25) is 0 Å². The Labute approximate surface area is 107 Å². The van der Waals surface area contributed by atoms with Crippen molar-refractivity contribution in [2.75, 3.05) is 19.6 Å². The first-order chi connectivity index (χ1) is 7.58. The lowest BCUT2D eigenvalue weighted by Crippen LogP contribution is -2.25. The maximum absolute atomic E-state index is 5.95. The molecular weight excluding hydrogens is 245 g/mol. The van der Waals surface area contributed by atoms with Gasteiger partial charge in [-0.1, -0.05) is 37.0 Å². The summed E-state index contributed by atoms with van der Waals surface area (Å²) in [6, 6.07) is 0. The van der Waals surface area contributed by atoms with Crippen LogP contribution < -0.4 is 0 Å². The van der Waals surface area contributed by atoms with Crippen LogP contribution in [0.5, 0.6) is 0 Å². The molecule has 0 unspecified atom stereocenters. The Morgan fingerprint density at radius 2 is 1.56 bits per heavy atom. The van der Waals surface area contributed by atoms with E-state index in [0.717, 1.165) is 31.6 Å². The Balaban J connectivity index is 2.68. The van der Waals surface area contributed by atoms with Gasteiger partial charge in [-0.15, -0.1) is 0 Å². The fraction of sp³-hybridized carbons (Fsp3) is 0.636. The summed E-state index contributed by atoms with van der Waals surface area (Å²) < 4.78 is 0. The lowest BCUT2D eigenvalue weighted by molar-refractivity contribution is 0.305. The first-order valence-corrected chi connectivity index (χ1v) is 6.24. The van der Waals surface area contributed by atoms with E-state index in [9.17, 15) is 0 Å². The average molecular weight is 262 g/mol. The number of hydrogen-bond acceptors (Lipinski definition) is 3. The van der Waals surface area contributed by atoms with Crippen molar-refractivity contribution < 1.29 is 0 Å². The van der Waals surface area contributed by atoms with Gasteiger partial charge in [0.05, 0.1) is 0 Å². The summed E-state index contributed by atoms with van der Waals surface area (Å²) in [5.74, 6) is 0.715. The van der Waals surface area contributed by atoms with E-state index < -0.39 is 0 Å². The van der Waals surface area contributed by atoms with E-state index >= 15 is 0 Å². The number of aromatic nitrogens is 2. The molecule has 1 aromatic rings. The molecule has 0 amide bonds. The Hall–Kier alpha value is -0.380. The van der Waals surface area contributed by atoms with Crippen LogP contribution in [-0.2, 0) is 6.42 Å². The third-order valence-electron chi connectivity index (χ3n) is 2.62.